The van der Waals surface area contributed by atoms with Crippen LogP contribution in [-0.2, 0) is 10.1 Å². The fourth-order valence-electron chi connectivity index (χ4n) is 1.57. The molecule has 6 heteroatoms. The van der Waals surface area contributed by atoms with Gasteiger partial charge in [-0.25, -0.2) is 0 Å². The van der Waals surface area contributed by atoms with Crippen LogP contribution in [0.5, 0.6) is 0 Å². The second-order valence-electron chi connectivity index (χ2n) is 3.74. The molecular formula is C13H11KO4S. The van der Waals surface area contributed by atoms with Crippen molar-refractivity contribution < 1.29 is 17.8 Å². The van der Waals surface area contributed by atoms with Crippen LogP contribution in [0.15, 0.2) is 53.4 Å². The first kappa shape index (κ1) is 16.7. The monoisotopic (exact) mass is 302 g/mol. The van der Waals surface area contributed by atoms with Crippen molar-refractivity contribution in [3.05, 3.63) is 54.1 Å². The van der Waals surface area contributed by atoms with Gasteiger partial charge in [0, 0.05) is 5.56 Å². The van der Waals surface area contributed by atoms with E-state index in [1.165, 1.54) is 12.1 Å². The quantitative estimate of drug-likeness (QED) is 0.533. The van der Waals surface area contributed by atoms with E-state index < -0.39 is 10.1 Å². The standard InChI is InChI=1S/C13H10O4S.K.H/c14-9-10-1-3-11(4-2-10)12-5-7-13(8-6-12)18(15,16)17;;/h1-9H,(H,15,16,17);;. The van der Waals surface area contributed by atoms with Gasteiger partial charge in [-0.2, -0.15) is 8.42 Å². The first-order valence-corrected chi connectivity index (χ1v) is 6.58. The fraction of sp³-hybridized carbons (Fsp3) is 0. The second kappa shape index (κ2) is 6.89. The van der Waals surface area contributed by atoms with Gasteiger partial charge in [0.25, 0.3) is 10.1 Å². The van der Waals surface area contributed by atoms with Gasteiger partial charge in [-0.05, 0) is 23.3 Å². The van der Waals surface area contributed by atoms with E-state index in [2.05, 4.69) is 0 Å². The molecule has 19 heavy (non-hydrogen) atoms. The Balaban J connectivity index is 0.00000180. The molecule has 2 rings (SSSR count). The summed E-state index contributed by atoms with van der Waals surface area (Å²) in [7, 11) is -4.16. The Morgan fingerprint density at radius 2 is 1.26 bits per heavy atom. The summed E-state index contributed by atoms with van der Waals surface area (Å²) in [4.78, 5) is 10.4. The molecule has 0 heterocycles. The summed E-state index contributed by atoms with van der Waals surface area (Å²) >= 11 is 0. The van der Waals surface area contributed by atoms with Crippen molar-refractivity contribution in [2.24, 2.45) is 0 Å². The average molecular weight is 302 g/mol. The Morgan fingerprint density at radius 1 is 0.842 bits per heavy atom. The molecular weight excluding hydrogens is 291 g/mol. The van der Waals surface area contributed by atoms with Gasteiger partial charge in [-0.1, -0.05) is 36.4 Å². The molecule has 0 fully saturated rings. The van der Waals surface area contributed by atoms with Crippen molar-refractivity contribution in [2.75, 3.05) is 0 Å². The first-order chi connectivity index (χ1) is 8.50. The van der Waals surface area contributed by atoms with Crippen LogP contribution in [0.25, 0.3) is 11.1 Å². The topological polar surface area (TPSA) is 71.4 Å². The molecule has 0 aliphatic heterocycles. The predicted octanol–water partition coefficient (Wildman–Crippen LogP) is 1.76. The molecule has 0 saturated carbocycles. The zero-order valence-corrected chi connectivity index (χ0v) is 10.1. The Bertz CT molecular complexity index is 661. The van der Waals surface area contributed by atoms with Crippen LogP contribution < -0.4 is 0 Å². The van der Waals surface area contributed by atoms with E-state index in [1.54, 1.807) is 36.4 Å². The number of hydrogen-bond donors (Lipinski definition) is 1. The molecule has 0 atom stereocenters. The van der Waals surface area contributed by atoms with E-state index in [0.29, 0.717) is 5.56 Å². The van der Waals surface area contributed by atoms with Gasteiger partial charge in [-0.15, -0.1) is 0 Å². The second-order valence-corrected chi connectivity index (χ2v) is 5.16. The van der Waals surface area contributed by atoms with Crippen LogP contribution in [0.4, 0.5) is 0 Å². The Kier molecular flexibility index (Phi) is 6.06. The van der Waals surface area contributed by atoms with Crippen LogP contribution in [0.2, 0.25) is 0 Å². The van der Waals surface area contributed by atoms with Gasteiger partial charge in [0.1, 0.15) is 6.29 Å². The maximum absolute atomic E-state index is 10.9. The molecule has 2 aromatic rings. The molecule has 0 spiro atoms. The summed E-state index contributed by atoms with van der Waals surface area (Å²) in [5.74, 6) is 0. The van der Waals surface area contributed by atoms with E-state index in [4.69, 9.17) is 4.55 Å². The molecule has 2 aromatic carbocycles. The van der Waals surface area contributed by atoms with Crippen LogP contribution in [0.3, 0.4) is 0 Å². The maximum atomic E-state index is 10.9. The molecule has 0 radical (unpaired) electrons. The zero-order chi connectivity index (χ0) is 13.2. The van der Waals surface area contributed by atoms with E-state index in [0.717, 1.165) is 17.4 Å². The zero-order valence-electron chi connectivity index (χ0n) is 9.28. The van der Waals surface area contributed by atoms with E-state index in [1.807, 2.05) is 0 Å². The molecule has 0 bridgehead atoms. The summed E-state index contributed by atoms with van der Waals surface area (Å²) in [6, 6.07) is 12.8. The summed E-state index contributed by atoms with van der Waals surface area (Å²) in [6.45, 7) is 0. The average Bonchev–Trinajstić information content (AvgIpc) is 2.38. The van der Waals surface area contributed by atoms with Gasteiger partial charge in [0.2, 0.25) is 0 Å². The van der Waals surface area contributed by atoms with Gasteiger partial charge in [0.05, 0.1) is 4.90 Å². The molecule has 0 aliphatic rings. The van der Waals surface area contributed by atoms with Crippen LogP contribution >= 0.6 is 0 Å². The third kappa shape index (κ3) is 4.32. The molecule has 1 N–H and O–H groups in total. The van der Waals surface area contributed by atoms with Crippen molar-refractivity contribution in [1.82, 2.24) is 0 Å². The van der Waals surface area contributed by atoms with Crippen LogP contribution in [0.1, 0.15) is 10.4 Å². The Hall–Kier alpha value is -0.344. The SMILES string of the molecule is O=Cc1ccc(-c2ccc(S(=O)(=O)O)cc2)cc1.[KH]. The van der Waals surface area contributed by atoms with Gasteiger partial charge in [0.15, 0.2) is 0 Å². The summed E-state index contributed by atoms with van der Waals surface area (Å²) in [6.07, 6.45) is 0.755. The van der Waals surface area contributed by atoms with Crippen molar-refractivity contribution in [1.29, 1.82) is 0 Å². The fourth-order valence-corrected chi connectivity index (χ4v) is 2.05. The normalized spacial score (nSPS) is 10.6. The van der Waals surface area contributed by atoms with Crippen LogP contribution in [-0.4, -0.2) is 70.6 Å². The van der Waals surface area contributed by atoms with Crippen molar-refractivity contribution in [3.63, 3.8) is 0 Å². The summed E-state index contributed by atoms with van der Waals surface area (Å²) in [5, 5.41) is 0. The minimum atomic E-state index is -4.16. The molecule has 0 amide bonds. The van der Waals surface area contributed by atoms with Crippen molar-refractivity contribution in [3.8, 4) is 11.1 Å². The molecule has 94 valence electrons. The summed E-state index contributed by atoms with van der Waals surface area (Å²) < 4.78 is 30.6. The van der Waals surface area contributed by atoms with E-state index >= 15 is 0 Å². The third-order valence-electron chi connectivity index (χ3n) is 2.53. The number of rotatable bonds is 3. The minimum absolute atomic E-state index is 0. The molecule has 4 nitrogen and oxygen atoms in total. The predicted molar refractivity (Wildman–Crippen MR) is 74.2 cm³/mol. The third-order valence-corrected chi connectivity index (χ3v) is 3.40. The number of hydrogen-bond acceptors (Lipinski definition) is 3. The van der Waals surface area contributed by atoms with Crippen molar-refractivity contribution in [2.45, 2.75) is 4.90 Å². The van der Waals surface area contributed by atoms with Crippen LogP contribution in [0, 0.1) is 0 Å². The first-order valence-electron chi connectivity index (χ1n) is 5.14. The van der Waals surface area contributed by atoms with Crippen molar-refractivity contribution >= 4 is 67.8 Å². The number of carbonyl (C=O) groups is 1. The number of aldehydes is 1. The number of carbonyl (C=O) groups excluding carboxylic acids is 1. The van der Waals surface area contributed by atoms with E-state index in [-0.39, 0.29) is 56.3 Å². The van der Waals surface area contributed by atoms with Gasteiger partial charge < -0.3 is 0 Å². The Morgan fingerprint density at radius 3 is 1.63 bits per heavy atom. The van der Waals surface area contributed by atoms with Gasteiger partial charge in [-0.3, -0.25) is 9.35 Å². The molecule has 0 unspecified atom stereocenters. The van der Waals surface area contributed by atoms with Gasteiger partial charge >= 0.3 is 51.4 Å². The van der Waals surface area contributed by atoms with E-state index in [9.17, 15) is 13.2 Å². The molecule has 0 aliphatic carbocycles. The summed E-state index contributed by atoms with van der Waals surface area (Å²) in [5.41, 5.74) is 2.25. The Labute approximate surface area is 154 Å². The number of benzene rings is 2. The molecule has 0 aromatic heterocycles. The molecule has 0 saturated heterocycles.